The van der Waals surface area contributed by atoms with E-state index in [1.54, 1.807) is 0 Å². The topological polar surface area (TPSA) is 16.1 Å². The van der Waals surface area contributed by atoms with Gasteiger partial charge in [-0.1, -0.05) is 0 Å². The van der Waals surface area contributed by atoms with Crippen LogP contribution in [0.3, 0.4) is 0 Å². The number of benzene rings is 1. The van der Waals surface area contributed by atoms with Gasteiger partial charge >= 0.3 is 0 Å². The van der Waals surface area contributed by atoms with Crippen molar-refractivity contribution in [3.8, 4) is 0 Å². The minimum Gasteiger partial charge on any atom is -0.371 e. The number of anilines is 1. The highest BCUT2D eigenvalue weighted by molar-refractivity contribution is 14.1. The fourth-order valence-corrected chi connectivity index (χ4v) is 2.61. The Labute approximate surface area is 116 Å². The van der Waals surface area contributed by atoms with Crippen LogP contribution in [-0.2, 0) is 0 Å². The quantitative estimate of drug-likeness (QED) is 0.786. The Morgan fingerprint density at radius 1 is 1.18 bits per heavy atom. The molecule has 0 bridgehead atoms. The molecule has 2 rings (SSSR count). The summed E-state index contributed by atoms with van der Waals surface area (Å²) in [6.45, 7) is 8.50. The summed E-state index contributed by atoms with van der Waals surface area (Å²) < 4.78 is 1.23. The number of hydrogen-bond acceptors (Lipinski definition) is 2. The standard InChI is InChI=1S/C14H17IN2/c1-4-17(5-2)14-8-10(3)16-13-9-11(15)6-7-12(13)14/h6-9H,4-5H2,1-3H3. The predicted octanol–water partition coefficient (Wildman–Crippen LogP) is 3.99. The summed E-state index contributed by atoms with van der Waals surface area (Å²) in [6, 6.07) is 8.65. The first-order chi connectivity index (χ1) is 8.15. The van der Waals surface area contributed by atoms with Crippen molar-refractivity contribution in [3.63, 3.8) is 0 Å². The second-order valence-electron chi connectivity index (χ2n) is 4.12. The van der Waals surface area contributed by atoms with E-state index in [0.29, 0.717) is 0 Å². The summed E-state index contributed by atoms with van der Waals surface area (Å²) in [5, 5.41) is 1.25. The highest BCUT2D eigenvalue weighted by atomic mass is 127. The smallest absolute Gasteiger partial charge is 0.0736 e. The first-order valence-corrected chi connectivity index (χ1v) is 7.05. The summed E-state index contributed by atoms with van der Waals surface area (Å²) in [7, 11) is 0. The van der Waals surface area contributed by atoms with Crippen molar-refractivity contribution in [1.29, 1.82) is 0 Å². The number of aromatic nitrogens is 1. The van der Waals surface area contributed by atoms with Crippen LogP contribution < -0.4 is 4.90 Å². The molecule has 0 unspecified atom stereocenters. The molecule has 0 atom stereocenters. The number of halogens is 1. The molecule has 0 radical (unpaired) electrons. The third kappa shape index (κ3) is 2.54. The molecular weight excluding hydrogens is 323 g/mol. The SMILES string of the molecule is CCN(CC)c1cc(C)nc2cc(I)ccc12. The number of rotatable bonds is 3. The van der Waals surface area contributed by atoms with Gasteiger partial charge in [0.15, 0.2) is 0 Å². The van der Waals surface area contributed by atoms with E-state index in [1.165, 1.54) is 14.6 Å². The van der Waals surface area contributed by atoms with E-state index >= 15 is 0 Å². The lowest BCUT2D eigenvalue weighted by atomic mass is 10.1. The highest BCUT2D eigenvalue weighted by Gasteiger charge is 2.09. The highest BCUT2D eigenvalue weighted by Crippen LogP contribution is 2.27. The maximum Gasteiger partial charge on any atom is 0.0736 e. The Kier molecular flexibility index (Phi) is 3.86. The van der Waals surface area contributed by atoms with Crippen LogP contribution in [0, 0.1) is 10.5 Å². The maximum atomic E-state index is 4.62. The molecule has 0 saturated heterocycles. The third-order valence-electron chi connectivity index (χ3n) is 2.98. The first kappa shape index (κ1) is 12.6. The van der Waals surface area contributed by atoms with Gasteiger partial charge in [-0.25, -0.2) is 0 Å². The van der Waals surface area contributed by atoms with Crippen LogP contribution in [0.15, 0.2) is 24.3 Å². The summed E-state index contributed by atoms with van der Waals surface area (Å²) in [5.41, 5.74) is 3.48. The largest absolute Gasteiger partial charge is 0.371 e. The van der Waals surface area contributed by atoms with E-state index in [1.807, 2.05) is 0 Å². The van der Waals surface area contributed by atoms with Gasteiger partial charge in [0.05, 0.1) is 5.52 Å². The molecule has 0 amide bonds. The molecule has 0 aliphatic rings. The van der Waals surface area contributed by atoms with Crippen LogP contribution in [-0.4, -0.2) is 18.1 Å². The number of hydrogen-bond donors (Lipinski definition) is 0. The number of pyridine rings is 1. The molecule has 0 saturated carbocycles. The number of aryl methyl sites for hydroxylation is 1. The van der Waals surface area contributed by atoms with Gasteiger partial charge in [-0.3, -0.25) is 4.98 Å². The van der Waals surface area contributed by atoms with E-state index in [9.17, 15) is 0 Å². The second-order valence-corrected chi connectivity index (χ2v) is 5.36. The molecule has 0 spiro atoms. The second kappa shape index (κ2) is 5.21. The van der Waals surface area contributed by atoms with E-state index in [4.69, 9.17) is 0 Å². The molecule has 90 valence electrons. The molecule has 0 N–H and O–H groups in total. The number of nitrogens with zero attached hydrogens (tertiary/aromatic N) is 2. The Hall–Kier alpha value is -0.840. The van der Waals surface area contributed by atoms with Crippen LogP contribution >= 0.6 is 22.6 Å². The lowest BCUT2D eigenvalue weighted by Crippen LogP contribution is -2.22. The third-order valence-corrected chi connectivity index (χ3v) is 3.65. The Morgan fingerprint density at radius 3 is 2.53 bits per heavy atom. The Morgan fingerprint density at radius 2 is 1.88 bits per heavy atom. The van der Waals surface area contributed by atoms with Crippen molar-refractivity contribution in [3.05, 3.63) is 33.5 Å². The summed E-state index contributed by atoms with van der Waals surface area (Å²) in [5.74, 6) is 0. The lowest BCUT2D eigenvalue weighted by molar-refractivity contribution is 0.868. The normalized spacial score (nSPS) is 10.8. The van der Waals surface area contributed by atoms with Crippen LogP contribution in [0.2, 0.25) is 0 Å². The van der Waals surface area contributed by atoms with Crippen molar-refractivity contribution in [1.82, 2.24) is 4.98 Å². The Balaban J connectivity index is 2.69. The predicted molar refractivity (Wildman–Crippen MR) is 82.8 cm³/mol. The molecule has 0 fully saturated rings. The average molecular weight is 340 g/mol. The molecule has 1 aromatic heterocycles. The molecule has 2 aromatic rings. The fraction of sp³-hybridized carbons (Fsp3) is 0.357. The zero-order valence-electron chi connectivity index (χ0n) is 10.5. The average Bonchev–Trinajstić information content (AvgIpc) is 2.29. The van der Waals surface area contributed by atoms with Gasteiger partial charge in [-0.15, -0.1) is 0 Å². The molecule has 17 heavy (non-hydrogen) atoms. The minimum atomic E-state index is 1.03. The zero-order chi connectivity index (χ0) is 12.4. The monoisotopic (exact) mass is 340 g/mol. The molecule has 3 heteroatoms. The van der Waals surface area contributed by atoms with Gasteiger partial charge in [0.25, 0.3) is 0 Å². The van der Waals surface area contributed by atoms with E-state index in [0.717, 1.165) is 24.3 Å². The summed E-state index contributed by atoms with van der Waals surface area (Å²) >= 11 is 2.33. The molecule has 2 nitrogen and oxygen atoms in total. The molecule has 0 aliphatic heterocycles. The number of fused-ring (bicyclic) bond motifs is 1. The van der Waals surface area contributed by atoms with E-state index in [2.05, 4.69) is 77.5 Å². The first-order valence-electron chi connectivity index (χ1n) is 5.97. The fourth-order valence-electron chi connectivity index (χ4n) is 2.14. The van der Waals surface area contributed by atoms with Gasteiger partial charge in [0.1, 0.15) is 0 Å². The van der Waals surface area contributed by atoms with Crippen LogP contribution in [0.25, 0.3) is 10.9 Å². The molecular formula is C14H17IN2. The lowest BCUT2D eigenvalue weighted by Gasteiger charge is -2.23. The zero-order valence-corrected chi connectivity index (χ0v) is 12.7. The van der Waals surface area contributed by atoms with Crippen LogP contribution in [0.5, 0.6) is 0 Å². The van der Waals surface area contributed by atoms with Gasteiger partial charge in [-0.05, 0) is 67.6 Å². The summed E-state index contributed by atoms with van der Waals surface area (Å²) in [6.07, 6.45) is 0. The summed E-state index contributed by atoms with van der Waals surface area (Å²) in [4.78, 5) is 7.00. The van der Waals surface area contributed by atoms with Crippen LogP contribution in [0.1, 0.15) is 19.5 Å². The van der Waals surface area contributed by atoms with Crippen molar-refractivity contribution < 1.29 is 0 Å². The minimum absolute atomic E-state index is 1.03. The van der Waals surface area contributed by atoms with E-state index < -0.39 is 0 Å². The van der Waals surface area contributed by atoms with Crippen molar-refractivity contribution in [2.24, 2.45) is 0 Å². The van der Waals surface area contributed by atoms with Crippen LogP contribution in [0.4, 0.5) is 5.69 Å². The molecule has 1 heterocycles. The molecule has 0 aliphatic carbocycles. The molecule has 1 aromatic carbocycles. The van der Waals surface area contributed by atoms with Crippen molar-refractivity contribution >= 4 is 39.2 Å². The van der Waals surface area contributed by atoms with E-state index in [-0.39, 0.29) is 0 Å². The van der Waals surface area contributed by atoms with Gasteiger partial charge in [0, 0.05) is 33.4 Å². The van der Waals surface area contributed by atoms with Gasteiger partial charge in [0.2, 0.25) is 0 Å². The van der Waals surface area contributed by atoms with Gasteiger partial charge < -0.3 is 4.90 Å². The maximum absolute atomic E-state index is 4.62. The van der Waals surface area contributed by atoms with Gasteiger partial charge in [-0.2, -0.15) is 0 Å². The van der Waals surface area contributed by atoms with Crippen molar-refractivity contribution in [2.45, 2.75) is 20.8 Å². The Bertz CT molecular complexity index is 528. The van der Waals surface area contributed by atoms with Crippen molar-refractivity contribution in [2.75, 3.05) is 18.0 Å².